The third-order valence-corrected chi connectivity index (χ3v) is 3.82. The van der Waals surface area contributed by atoms with Crippen molar-refractivity contribution in [3.63, 3.8) is 0 Å². The van der Waals surface area contributed by atoms with Crippen molar-refractivity contribution in [3.8, 4) is 0 Å². The molecule has 0 bridgehead atoms. The van der Waals surface area contributed by atoms with Crippen molar-refractivity contribution in [2.24, 2.45) is 5.92 Å². The minimum Gasteiger partial charge on any atom is -0.333 e. The third kappa shape index (κ3) is 3.70. The second-order valence-electron chi connectivity index (χ2n) is 5.89. The van der Waals surface area contributed by atoms with E-state index in [1.807, 2.05) is 19.1 Å². The van der Waals surface area contributed by atoms with Crippen molar-refractivity contribution in [2.75, 3.05) is 18.4 Å². The van der Waals surface area contributed by atoms with Crippen LogP contribution in [0.5, 0.6) is 0 Å². The summed E-state index contributed by atoms with van der Waals surface area (Å²) >= 11 is 0. The van der Waals surface area contributed by atoms with Gasteiger partial charge in [-0.2, -0.15) is 0 Å². The maximum absolute atomic E-state index is 12.0. The van der Waals surface area contributed by atoms with Crippen LogP contribution in [-0.4, -0.2) is 41.1 Å². The fourth-order valence-electron chi connectivity index (χ4n) is 2.55. The number of pyridine rings is 1. The molecule has 0 saturated carbocycles. The monoisotopic (exact) mass is 276 g/mol. The molecule has 0 aliphatic carbocycles. The van der Waals surface area contributed by atoms with Crippen LogP contribution >= 0.6 is 0 Å². The van der Waals surface area contributed by atoms with Gasteiger partial charge in [0, 0.05) is 30.9 Å². The number of carbonyl (C=O) groups is 1. The minimum atomic E-state index is -0.175. The number of urea groups is 1. The first-order valence-corrected chi connectivity index (χ1v) is 7.21. The van der Waals surface area contributed by atoms with E-state index in [9.17, 15) is 4.79 Å². The van der Waals surface area contributed by atoms with Crippen LogP contribution in [-0.2, 0) is 0 Å². The molecule has 0 aromatic carbocycles. The van der Waals surface area contributed by atoms with Crippen LogP contribution in [0.15, 0.2) is 18.2 Å². The SMILES string of the molecule is Cc1cccc(NC(=O)N[C@@H]2CN(C(C)C)C[C@@H]2C)n1. The van der Waals surface area contributed by atoms with Gasteiger partial charge in [0.25, 0.3) is 0 Å². The van der Waals surface area contributed by atoms with E-state index in [4.69, 9.17) is 0 Å². The first kappa shape index (κ1) is 14.8. The molecule has 110 valence electrons. The van der Waals surface area contributed by atoms with E-state index in [0.29, 0.717) is 17.8 Å². The number of hydrogen-bond donors (Lipinski definition) is 2. The highest BCUT2D eigenvalue weighted by molar-refractivity contribution is 5.88. The summed E-state index contributed by atoms with van der Waals surface area (Å²) in [6, 6.07) is 6.13. The van der Waals surface area contributed by atoms with Gasteiger partial charge in [-0.1, -0.05) is 13.0 Å². The zero-order valence-corrected chi connectivity index (χ0v) is 12.7. The van der Waals surface area contributed by atoms with Gasteiger partial charge in [0.1, 0.15) is 5.82 Å². The number of aryl methyl sites for hydroxylation is 1. The Labute approximate surface area is 120 Å². The van der Waals surface area contributed by atoms with Crippen LogP contribution in [0.25, 0.3) is 0 Å². The summed E-state index contributed by atoms with van der Waals surface area (Å²) in [5, 5.41) is 5.84. The predicted octanol–water partition coefficient (Wildman–Crippen LogP) is 2.24. The molecule has 1 aromatic rings. The number of nitrogens with zero attached hydrogens (tertiary/aromatic N) is 2. The number of anilines is 1. The molecule has 1 fully saturated rings. The lowest BCUT2D eigenvalue weighted by molar-refractivity contribution is 0.243. The molecule has 0 unspecified atom stereocenters. The summed E-state index contributed by atoms with van der Waals surface area (Å²) in [4.78, 5) is 18.7. The average molecular weight is 276 g/mol. The van der Waals surface area contributed by atoms with Crippen molar-refractivity contribution in [1.29, 1.82) is 0 Å². The molecule has 2 atom stereocenters. The third-order valence-electron chi connectivity index (χ3n) is 3.82. The zero-order chi connectivity index (χ0) is 14.7. The molecular weight excluding hydrogens is 252 g/mol. The fraction of sp³-hybridized carbons (Fsp3) is 0.600. The van der Waals surface area contributed by atoms with Gasteiger partial charge in [0.15, 0.2) is 0 Å². The van der Waals surface area contributed by atoms with E-state index in [0.717, 1.165) is 18.8 Å². The Morgan fingerprint density at radius 2 is 2.15 bits per heavy atom. The maximum atomic E-state index is 12.0. The Morgan fingerprint density at radius 1 is 1.40 bits per heavy atom. The van der Waals surface area contributed by atoms with E-state index in [-0.39, 0.29) is 12.1 Å². The van der Waals surface area contributed by atoms with Crippen LogP contribution in [0.2, 0.25) is 0 Å². The second kappa shape index (κ2) is 6.22. The van der Waals surface area contributed by atoms with Crippen molar-refractivity contribution < 1.29 is 4.79 Å². The van der Waals surface area contributed by atoms with E-state index < -0.39 is 0 Å². The molecule has 1 aliphatic rings. The maximum Gasteiger partial charge on any atom is 0.320 e. The number of nitrogens with one attached hydrogen (secondary N) is 2. The topological polar surface area (TPSA) is 57.3 Å². The van der Waals surface area contributed by atoms with Gasteiger partial charge < -0.3 is 5.32 Å². The van der Waals surface area contributed by atoms with E-state index in [1.165, 1.54) is 0 Å². The number of carbonyl (C=O) groups excluding carboxylic acids is 1. The minimum absolute atomic E-state index is 0.175. The number of hydrogen-bond acceptors (Lipinski definition) is 3. The van der Waals surface area contributed by atoms with Crippen molar-refractivity contribution in [1.82, 2.24) is 15.2 Å². The molecular formula is C15H24N4O. The molecule has 0 spiro atoms. The molecule has 5 heteroatoms. The predicted molar refractivity (Wildman–Crippen MR) is 80.8 cm³/mol. The molecule has 2 rings (SSSR count). The number of rotatable bonds is 3. The molecule has 2 heterocycles. The molecule has 1 aromatic heterocycles. The highest BCUT2D eigenvalue weighted by Gasteiger charge is 2.31. The first-order chi connectivity index (χ1) is 9.45. The summed E-state index contributed by atoms with van der Waals surface area (Å²) < 4.78 is 0. The standard InChI is InChI=1S/C15H24N4O/c1-10(2)19-8-11(3)13(9-19)17-15(20)18-14-7-5-6-12(4)16-14/h5-7,10-11,13H,8-9H2,1-4H3,(H2,16,17,18,20)/t11-,13+/m0/s1. The van der Waals surface area contributed by atoms with Gasteiger partial charge in [-0.3, -0.25) is 10.2 Å². The van der Waals surface area contributed by atoms with Gasteiger partial charge in [0.2, 0.25) is 0 Å². The smallest absolute Gasteiger partial charge is 0.320 e. The number of amides is 2. The molecule has 20 heavy (non-hydrogen) atoms. The Balaban J connectivity index is 1.89. The summed E-state index contributed by atoms with van der Waals surface area (Å²) in [6.07, 6.45) is 0. The highest BCUT2D eigenvalue weighted by atomic mass is 16.2. The van der Waals surface area contributed by atoms with Crippen LogP contribution in [0.3, 0.4) is 0 Å². The fourth-order valence-corrected chi connectivity index (χ4v) is 2.55. The van der Waals surface area contributed by atoms with Crippen molar-refractivity contribution in [2.45, 2.75) is 39.8 Å². The Hall–Kier alpha value is -1.62. The Morgan fingerprint density at radius 3 is 2.75 bits per heavy atom. The Bertz CT molecular complexity index is 475. The van der Waals surface area contributed by atoms with E-state index >= 15 is 0 Å². The summed E-state index contributed by atoms with van der Waals surface area (Å²) in [5.41, 5.74) is 0.892. The lowest BCUT2D eigenvalue weighted by Gasteiger charge is -2.20. The summed E-state index contributed by atoms with van der Waals surface area (Å²) in [5.74, 6) is 1.06. The molecule has 0 radical (unpaired) electrons. The Kier molecular flexibility index (Phi) is 4.60. The second-order valence-corrected chi connectivity index (χ2v) is 5.89. The van der Waals surface area contributed by atoms with Gasteiger partial charge in [-0.25, -0.2) is 9.78 Å². The number of likely N-dealkylation sites (tertiary alicyclic amines) is 1. The summed E-state index contributed by atoms with van der Waals surface area (Å²) in [6.45, 7) is 10.4. The van der Waals surface area contributed by atoms with Crippen molar-refractivity contribution in [3.05, 3.63) is 23.9 Å². The molecule has 5 nitrogen and oxygen atoms in total. The highest BCUT2D eigenvalue weighted by Crippen LogP contribution is 2.18. The van der Waals surface area contributed by atoms with Gasteiger partial charge in [-0.15, -0.1) is 0 Å². The van der Waals surface area contributed by atoms with Crippen LogP contribution in [0, 0.1) is 12.8 Å². The van der Waals surface area contributed by atoms with Gasteiger partial charge in [0.05, 0.1) is 0 Å². The molecule has 2 N–H and O–H groups in total. The van der Waals surface area contributed by atoms with Crippen LogP contribution in [0.4, 0.5) is 10.6 Å². The molecule has 1 aliphatic heterocycles. The van der Waals surface area contributed by atoms with Gasteiger partial charge in [-0.05, 0) is 38.8 Å². The average Bonchev–Trinajstić information content (AvgIpc) is 2.71. The normalized spacial score (nSPS) is 23.1. The molecule has 2 amide bonds. The van der Waals surface area contributed by atoms with Crippen LogP contribution < -0.4 is 10.6 Å². The van der Waals surface area contributed by atoms with E-state index in [2.05, 4.69) is 41.3 Å². The van der Waals surface area contributed by atoms with E-state index in [1.54, 1.807) is 6.07 Å². The quantitative estimate of drug-likeness (QED) is 0.890. The van der Waals surface area contributed by atoms with Gasteiger partial charge >= 0.3 is 6.03 Å². The molecule has 1 saturated heterocycles. The van der Waals surface area contributed by atoms with Crippen molar-refractivity contribution >= 4 is 11.8 Å². The lowest BCUT2D eigenvalue weighted by atomic mass is 10.1. The van der Waals surface area contributed by atoms with Crippen LogP contribution in [0.1, 0.15) is 26.5 Å². The summed E-state index contributed by atoms with van der Waals surface area (Å²) in [7, 11) is 0. The first-order valence-electron chi connectivity index (χ1n) is 7.21. The zero-order valence-electron chi connectivity index (χ0n) is 12.7. The number of aromatic nitrogens is 1. The lowest BCUT2D eigenvalue weighted by Crippen LogP contribution is -2.42. The largest absolute Gasteiger partial charge is 0.333 e.